The van der Waals surface area contributed by atoms with Crippen LogP contribution in [0, 0.1) is 34.0 Å². The Kier molecular flexibility index (Phi) is 3.85. The summed E-state index contributed by atoms with van der Waals surface area (Å²) in [6.07, 6.45) is -4.47. The van der Waals surface area contributed by atoms with E-state index in [2.05, 4.69) is 0 Å². The molecule has 0 unspecified atom stereocenters. The predicted molar refractivity (Wildman–Crippen MR) is 82.1 cm³/mol. The van der Waals surface area contributed by atoms with Crippen molar-refractivity contribution in [1.29, 1.82) is 10.5 Å². The van der Waals surface area contributed by atoms with Crippen molar-refractivity contribution in [2.24, 2.45) is 11.3 Å². The van der Waals surface area contributed by atoms with Gasteiger partial charge in [0.25, 0.3) is 0 Å². The van der Waals surface area contributed by atoms with Crippen LogP contribution in [-0.2, 0) is 6.18 Å². The fraction of sp³-hybridized carbons (Fsp3) is 0.211. The quantitative estimate of drug-likeness (QED) is 0.781. The Labute approximate surface area is 141 Å². The molecule has 3 rings (SSSR count). The Morgan fingerprint density at radius 2 is 1.52 bits per heavy atom. The van der Waals surface area contributed by atoms with Gasteiger partial charge in [-0.1, -0.05) is 42.5 Å². The Balaban J connectivity index is 1.97. The summed E-state index contributed by atoms with van der Waals surface area (Å²) in [5.74, 6) is -1.98. The van der Waals surface area contributed by atoms with Crippen LogP contribution in [0.25, 0.3) is 0 Å². The second-order valence-corrected chi connectivity index (χ2v) is 5.90. The number of ketones is 1. The molecule has 0 spiro atoms. The van der Waals surface area contributed by atoms with E-state index in [0.717, 1.165) is 12.1 Å². The number of halogens is 3. The molecule has 2 atom stereocenters. The minimum absolute atomic E-state index is 0.353. The Hall–Kier alpha value is -3.12. The number of nitrogens with zero attached hydrogens (tertiary/aromatic N) is 2. The van der Waals surface area contributed by atoms with Crippen molar-refractivity contribution in [3.63, 3.8) is 0 Å². The van der Waals surface area contributed by atoms with Crippen LogP contribution in [-0.4, -0.2) is 5.78 Å². The maximum absolute atomic E-state index is 12.7. The van der Waals surface area contributed by atoms with Crippen molar-refractivity contribution in [2.45, 2.75) is 12.1 Å². The van der Waals surface area contributed by atoms with Crippen molar-refractivity contribution < 1.29 is 18.0 Å². The van der Waals surface area contributed by atoms with E-state index in [-0.39, 0.29) is 5.78 Å². The van der Waals surface area contributed by atoms with Crippen molar-refractivity contribution >= 4 is 5.78 Å². The van der Waals surface area contributed by atoms with Crippen molar-refractivity contribution in [1.82, 2.24) is 0 Å². The standard InChI is InChI=1S/C19H11F3N2O/c20-19(21,22)14-8-6-12(7-9-14)15-16(18(15,10-23)11-24)17(25)13-4-2-1-3-5-13/h1-9,15-16H/t15-,16+/m1/s1. The molecule has 0 bridgehead atoms. The average Bonchev–Trinajstić information content (AvgIpc) is 3.30. The molecular weight excluding hydrogens is 329 g/mol. The van der Waals surface area contributed by atoms with Crippen molar-refractivity contribution in [3.05, 3.63) is 71.3 Å². The van der Waals surface area contributed by atoms with Gasteiger partial charge in [0, 0.05) is 11.5 Å². The second kappa shape index (κ2) is 5.75. The highest BCUT2D eigenvalue weighted by atomic mass is 19.4. The molecular formula is C19H11F3N2O. The number of Topliss-reactive ketones (excluding diaryl/α,β-unsaturated/α-hetero) is 1. The minimum Gasteiger partial charge on any atom is -0.294 e. The number of alkyl halides is 3. The molecule has 124 valence electrons. The third kappa shape index (κ3) is 2.66. The third-order valence-corrected chi connectivity index (χ3v) is 4.51. The zero-order chi connectivity index (χ0) is 18.2. The van der Waals surface area contributed by atoms with Gasteiger partial charge < -0.3 is 0 Å². The molecule has 25 heavy (non-hydrogen) atoms. The zero-order valence-electron chi connectivity index (χ0n) is 12.8. The maximum atomic E-state index is 12.7. The van der Waals surface area contributed by atoms with Crippen LogP contribution in [0.4, 0.5) is 13.2 Å². The summed E-state index contributed by atoms with van der Waals surface area (Å²) >= 11 is 0. The Morgan fingerprint density at radius 3 is 2.00 bits per heavy atom. The minimum atomic E-state index is -4.47. The third-order valence-electron chi connectivity index (χ3n) is 4.51. The summed E-state index contributed by atoms with van der Waals surface area (Å²) < 4.78 is 38.1. The first-order valence-electron chi connectivity index (χ1n) is 7.44. The predicted octanol–water partition coefficient (Wildman–Crippen LogP) is 4.34. The van der Waals surface area contributed by atoms with Crippen LogP contribution in [0.3, 0.4) is 0 Å². The highest BCUT2D eigenvalue weighted by Crippen LogP contribution is 2.65. The Morgan fingerprint density at radius 1 is 0.960 bits per heavy atom. The van der Waals surface area contributed by atoms with Crippen LogP contribution in [0.5, 0.6) is 0 Å². The molecule has 6 heteroatoms. The molecule has 1 aliphatic carbocycles. The van der Waals surface area contributed by atoms with E-state index < -0.39 is 29.0 Å². The number of carbonyl (C=O) groups is 1. The molecule has 1 saturated carbocycles. The van der Waals surface area contributed by atoms with E-state index in [4.69, 9.17) is 0 Å². The molecule has 0 N–H and O–H groups in total. The molecule has 2 aromatic rings. The van der Waals surface area contributed by atoms with Gasteiger partial charge in [0.2, 0.25) is 0 Å². The number of benzene rings is 2. The smallest absolute Gasteiger partial charge is 0.294 e. The van der Waals surface area contributed by atoms with Gasteiger partial charge in [0.1, 0.15) is 0 Å². The monoisotopic (exact) mass is 340 g/mol. The summed E-state index contributed by atoms with van der Waals surface area (Å²) in [7, 11) is 0. The van der Waals surface area contributed by atoms with Gasteiger partial charge in [-0.3, -0.25) is 4.79 Å². The van der Waals surface area contributed by atoms with Gasteiger partial charge in [-0.15, -0.1) is 0 Å². The van der Waals surface area contributed by atoms with Crippen molar-refractivity contribution in [2.75, 3.05) is 0 Å². The van der Waals surface area contributed by atoms with Crippen LogP contribution in [0.15, 0.2) is 54.6 Å². The molecule has 0 saturated heterocycles. The van der Waals surface area contributed by atoms with E-state index in [9.17, 15) is 28.5 Å². The molecule has 1 aliphatic rings. The van der Waals surface area contributed by atoms with Crippen molar-refractivity contribution in [3.8, 4) is 12.1 Å². The lowest BCUT2D eigenvalue weighted by Crippen LogP contribution is -2.08. The number of carbonyl (C=O) groups excluding carboxylic acids is 1. The van der Waals surface area contributed by atoms with E-state index in [1.54, 1.807) is 30.3 Å². The lowest BCUT2D eigenvalue weighted by atomic mass is 10.0. The molecule has 1 fully saturated rings. The molecule has 0 aromatic heterocycles. The van der Waals surface area contributed by atoms with Crippen LogP contribution < -0.4 is 0 Å². The topological polar surface area (TPSA) is 64.7 Å². The number of hydrogen-bond acceptors (Lipinski definition) is 3. The first-order chi connectivity index (χ1) is 11.8. The molecule has 3 nitrogen and oxygen atoms in total. The molecule has 0 aliphatic heterocycles. The van der Waals surface area contributed by atoms with Gasteiger partial charge >= 0.3 is 6.18 Å². The average molecular weight is 340 g/mol. The van der Waals surface area contributed by atoms with E-state index >= 15 is 0 Å². The van der Waals surface area contributed by atoms with Crippen LogP contribution in [0.2, 0.25) is 0 Å². The van der Waals surface area contributed by atoms with Gasteiger partial charge in [0.15, 0.2) is 11.2 Å². The normalized spacial score (nSPS) is 21.0. The highest BCUT2D eigenvalue weighted by Gasteiger charge is 2.70. The number of rotatable bonds is 3. The number of nitriles is 2. The van der Waals surface area contributed by atoms with Gasteiger partial charge in [-0.2, -0.15) is 23.7 Å². The van der Waals surface area contributed by atoms with Gasteiger partial charge in [-0.05, 0) is 17.7 Å². The largest absolute Gasteiger partial charge is 0.416 e. The van der Waals surface area contributed by atoms with E-state index in [1.165, 1.54) is 12.1 Å². The lowest BCUT2D eigenvalue weighted by Gasteiger charge is -2.07. The maximum Gasteiger partial charge on any atom is 0.416 e. The van der Waals surface area contributed by atoms with Gasteiger partial charge in [-0.25, -0.2) is 0 Å². The highest BCUT2D eigenvalue weighted by molar-refractivity contribution is 6.02. The van der Waals surface area contributed by atoms with E-state index in [1.807, 2.05) is 12.1 Å². The molecule has 0 heterocycles. The lowest BCUT2D eigenvalue weighted by molar-refractivity contribution is -0.137. The molecule has 0 amide bonds. The number of hydrogen-bond donors (Lipinski definition) is 0. The summed E-state index contributed by atoms with van der Waals surface area (Å²) in [5.41, 5.74) is -1.61. The summed E-state index contributed by atoms with van der Waals surface area (Å²) in [4.78, 5) is 12.7. The molecule has 2 aromatic carbocycles. The first-order valence-corrected chi connectivity index (χ1v) is 7.44. The van der Waals surface area contributed by atoms with E-state index in [0.29, 0.717) is 11.1 Å². The summed E-state index contributed by atoms with van der Waals surface area (Å²) in [6, 6.07) is 16.3. The zero-order valence-corrected chi connectivity index (χ0v) is 12.8. The van der Waals surface area contributed by atoms with Gasteiger partial charge in [0.05, 0.1) is 23.6 Å². The first kappa shape index (κ1) is 16.7. The Bertz CT molecular complexity index is 875. The SMILES string of the molecule is N#CC1(C#N)[C@H](C(=O)c2ccccc2)[C@H]1c1ccc(C(F)(F)F)cc1. The summed E-state index contributed by atoms with van der Waals surface area (Å²) in [6.45, 7) is 0. The second-order valence-electron chi connectivity index (χ2n) is 5.90. The molecule has 0 radical (unpaired) electrons. The fourth-order valence-electron chi connectivity index (χ4n) is 3.17. The fourth-order valence-corrected chi connectivity index (χ4v) is 3.17. The van der Waals surface area contributed by atoms with Crippen LogP contribution >= 0.6 is 0 Å². The summed E-state index contributed by atoms with van der Waals surface area (Å²) in [5, 5.41) is 18.9. The van der Waals surface area contributed by atoms with Crippen LogP contribution in [0.1, 0.15) is 27.4 Å².